The molecule has 0 amide bonds. The Morgan fingerprint density at radius 1 is 0.441 bits per heavy atom. The third kappa shape index (κ3) is 3.78. The van der Waals surface area contributed by atoms with Gasteiger partial charge in [-0.1, -0.05) is 6.42 Å². The quantitative estimate of drug-likeness (QED) is 0.350. The van der Waals surface area contributed by atoms with Crippen LogP contribution in [0.15, 0.2) is 0 Å². The van der Waals surface area contributed by atoms with Crippen LogP contribution in [0.2, 0.25) is 0 Å². The molecule has 1 aliphatic rings. The van der Waals surface area contributed by atoms with Gasteiger partial charge in [0.1, 0.15) is 0 Å². The van der Waals surface area contributed by atoms with E-state index in [0.717, 1.165) is 0 Å². The van der Waals surface area contributed by atoms with Crippen molar-refractivity contribution in [2.24, 2.45) is 0 Å². The lowest BCUT2D eigenvalue weighted by Crippen LogP contribution is -2.75. The van der Waals surface area contributed by atoms with Crippen LogP contribution in [0.4, 0.5) is 74.6 Å². The molecule has 0 radical (unpaired) electrons. The van der Waals surface area contributed by atoms with Crippen LogP contribution in [-0.4, -0.2) is 72.8 Å². The van der Waals surface area contributed by atoms with Gasteiger partial charge in [-0.15, -0.1) is 0 Å². The third-order valence-corrected chi connectivity index (χ3v) is 6.62. The summed E-state index contributed by atoms with van der Waals surface area (Å²) in [5.41, 5.74) is 0. The van der Waals surface area contributed by atoms with Gasteiger partial charge in [-0.3, -0.25) is 0 Å². The Bertz CT molecular complexity index is 857. The van der Waals surface area contributed by atoms with E-state index in [1.165, 1.54) is 0 Å². The summed E-state index contributed by atoms with van der Waals surface area (Å²) in [5.74, 6) is -51.4. The first-order chi connectivity index (χ1) is 14.6. The van der Waals surface area contributed by atoms with Crippen LogP contribution < -0.4 is 0 Å². The third-order valence-electron chi connectivity index (χ3n) is 4.67. The smallest absolute Gasteiger partial charge is 0.206 e. The molecule has 0 aromatic carbocycles. The van der Waals surface area contributed by atoms with Crippen molar-refractivity contribution < 1.29 is 83.1 Å². The molecule has 0 saturated carbocycles. The van der Waals surface area contributed by atoms with Crippen LogP contribution in [0.5, 0.6) is 0 Å². The first-order valence-electron chi connectivity index (χ1n) is 8.32. The van der Waals surface area contributed by atoms with E-state index in [9.17, 15) is 83.1 Å². The average molecular weight is 567 g/mol. The molecule has 1 aliphatic heterocycles. The number of sulfonamides is 1. The standard InChI is InChI=1S/C13H10F17NO2S/c14-6(15,8(18,19)10(22,23)12(26,27)28)7(16,17)9(20,21)11(24,25)13(29,30)34(32,33)31-4-2-1-3-5-31/h1-5H2. The summed E-state index contributed by atoms with van der Waals surface area (Å²) in [6, 6.07) is 0. The number of nitrogens with zero attached hydrogens (tertiary/aromatic N) is 1. The first-order valence-corrected chi connectivity index (χ1v) is 9.76. The summed E-state index contributed by atoms with van der Waals surface area (Å²) in [5, 5.41) is -7.46. The van der Waals surface area contributed by atoms with Gasteiger partial charge in [-0.25, -0.2) is 8.42 Å². The van der Waals surface area contributed by atoms with Crippen molar-refractivity contribution in [2.45, 2.75) is 66.2 Å². The Kier molecular flexibility index (Phi) is 7.34. The molecule has 3 nitrogen and oxygen atoms in total. The van der Waals surface area contributed by atoms with Gasteiger partial charge in [0.15, 0.2) is 0 Å². The minimum atomic E-state index is -8.80. The number of halogens is 17. The van der Waals surface area contributed by atoms with Crippen LogP contribution in [0.25, 0.3) is 0 Å². The Balaban J connectivity index is 3.68. The first kappa shape index (κ1) is 30.8. The number of hydrogen-bond donors (Lipinski definition) is 0. The second kappa shape index (κ2) is 8.12. The second-order valence-electron chi connectivity index (χ2n) is 6.93. The summed E-state index contributed by atoms with van der Waals surface area (Å²) in [6.45, 7) is -2.16. The molecule has 34 heavy (non-hydrogen) atoms. The van der Waals surface area contributed by atoms with Gasteiger partial charge in [0.25, 0.3) is 10.0 Å². The van der Waals surface area contributed by atoms with Crippen molar-refractivity contribution in [1.29, 1.82) is 0 Å². The highest BCUT2D eigenvalue weighted by atomic mass is 32.2. The molecule has 1 saturated heterocycles. The molecule has 0 spiro atoms. The molecule has 1 rings (SSSR count). The molecule has 1 heterocycles. The Labute approximate surface area is 177 Å². The number of alkyl halides is 17. The summed E-state index contributed by atoms with van der Waals surface area (Å²) in [7, 11) is -7.12. The van der Waals surface area contributed by atoms with Crippen molar-refractivity contribution in [3.63, 3.8) is 0 Å². The topological polar surface area (TPSA) is 37.4 Å². The fourth-order valence-electron chi connectivity index (χ4n) is 2.58. The van der Waals surface area contributed by atoms with Crippen LogP contribution in [0.3, 0.4) is 0 Å². The number of rotatable bonds is 8. The van der Waals surface area contributed by atoms with E-state index in [-0.39, 0.29) is 19.3 Å². The molecule has 0 unspecified atom stereocenters. The van der Waals surface area contributed by atoms with E-state index in [0.29, 0.717) is 0 Å². The molecule has 204 valence electrons. The van der Waals surface area contributed by atoms with Gasteiger partial charge >= 0.3 is 47.0 Å². The SMILES string of the molecule is O=S(=O)(N1CCCCC1)C(F)(F)C(F)(F)C(F)(F)C(F)(F)C(F)(F)C(F)(F)C(F)(F)C(F)(F)F. The largest absolute Gasteiger partial charge is 0.460 e. The molecule has 0 aromatic rings. The molecule has 0 atom stereocenters. The van der Waals surface area contributed by atoms with Gasteiger partial charge < -0.3 is 0 Å². The maximum atomic E-state index is 13.9. The highest BCUT2D eigenvalue weighted by Gasteiger charge is 2.96. The van der Waals surface area contributed by atoms with Gasteiger partial charge in [0.2, 0.25) is 0 Å². The van der Waals surface area contributed by atoms with E-state index in [2.05, 4.69) is 0 Å². The Morgan fingerprint density at radius 2 is 0.735 bits per heavy atom. The van der Waals surface area contributed by atoms with E-state index in [4.69, 9.17) is 0 Å². The van der Waals surface area contributed by atoms with Gasteiger partial charge in [-0.05, 0) is 12.8 Å². The molecule has 0 aromatic heterocycles. The van der Waals surface area contributed by atoms with Crippen LogP contribution in [0, 0.1) is 0 Å². The van der Waals surface area contributed by atoms with Crippen molar-refractivity contribution in [1.82, 2.24) is 4.31 Å². The summed E-state index contributed by atoms with van der Waals surface area (Å²) in [4.78, 5) is 0. The zero-order valence-corrected chi connectivity index (χ0v) is 16.4. The fraction of sp³-hybridized carbons (Fsp3) is 1.00. The van der Waals surface area contributed by atoms with Gasteiger partial charge in [0.05, 0.1) is 0 Å². The molecule has 21 heteroatoms. The summed E-state index contributed by atoms with van der Waals surface area (Å²) >= 11 is 0. The Hall–Kier alpha value is -1.28. The number of piperidine rings is 1. The molecular formula is C13H10F17NO2S. The predicted molar refractivity (Wildman–Crippen MR) is 75.0 cm³/mol. The molecule has 0 bridgehead atoms. The average Bonchev–Trinajstić information content (AvgIpc) is 2.66. The second-order valence-corrected chi connectivity index (χ2v) is 8.90. The van der Waals surface area contributed by atoms with Crippen LogP contribution >= 0.6 is 0 Å². The maximum Gasteiger partial charge on any atom is 0.460 e. The van der Waals surface area contributed by atoms with Gasteiger partial charge in [-0.2, -0.15) is 78.9 Å². The van der Waals surface area contributed by atoms with E-state index in [1.54, 1.807) is 0 Å². The molecular weight excluding hydrogens is 557 g/mol. The van der Waals surface area contributed by atoms with E-state index in [1.807, 2.05) is 0 Å². The van der Waals surface area contributed by atoms with Crippen molar-refractivity contribution in [3.05, 3.63) is 0 Å². The van der Waals surface area contributed by atoms with E-state index >= 15 is 0 Å². The molecule has 0 N–H and O–H groups in total. The minimum Gasteiger partial charge on any atom is -0.206 e. The highest BCUT2D eigenvalue weighted by Crippen LogP contribution is 2.64. The van der Waals surface area contributed by atoms with Crippen molar-refractivity contribution >= 4 is 10.0 Å². The van der Waals surface area contributed by atoms with Crippen molar-refractivity contribution in [3.8, 4) is 0 Å². The fourth-order valence-corrected chi connectivity index (χ4v) is 4.09. The van der Waals surface area contributed by atoms with Gasteiger partial charge in [0, 0.05) is 13.1 Å². The summed E-state index contributed by atoms with van der Waals surface area (Å²) in [6.07, 6.45) is -8.49. The lowest BCUT2D eigenvalue weighted by atomic mass is 9.91. The highest BCUT2D eigenvalue weighted by molar-refractivity contribution is 7.90. The monoisotopic (exact) mass is 567 g/mol. The van der Waals surface area contributed by atoms with Crippen LogP contribution in [-0.2, 0) is 10.0 Å². The summed E-state index contributed by atoms with van der Waals surface area (Å²) < 4.78 is 247. The lowest BCUT2D eigenvalue weighted by molar-refractivity contribution is -0.458. The zero-order valence-electron chi connectivity index (χ0n) is 15.6. The number of hydrogen-bond acceptors (Lipinski definition) is 2. The van der Waals surface area contributed by atoms with Crippen LogP contribution in [0.1, 0.15) is 19.3 Å². The maximum absolute atomic E-state index is 13.9. The normalized spacial score (nSPS) is 19.4. The lowest BCUT2D eigenvalue weighted by Gasteiger charge is -2.43. The zero-order chi connectivity index (χ0) is 27.6. The van der Waals surface area contributed by atoms with E-state index < -0.39 is 74.4 Å². The minimum absolute atomic E-state index is 0.0803. The predicted octanol–water partition coefficient (Wildman–Crippen LogP) is 5.77. The van der Waals surface area contributed by atoms with Crippen molar-refractivity contribution in [2.75, 3.05) is 13.1 Å². The molecule has 0 aliphatic carbocycles. The molecule has 1 fully saturated rings. The Morgan fingerprint density at radius 3 is 1.06 bits per heavy atom.